The summed E-state index contributed by atoms with van der Waals surface area (Å²) in [7, 11) is 1.63. The van der Waals surface area contributed by atoms with Gasteiger partial charge in [-0.05, 0) is 6.07 Å². The normalized spacial score (nSPS) is 21.0. The zero-order valence-electron chi connectivity index (χ0n) is 8.98. The molecule has 0 radical (unpaired) electrons. The van der Waals surface area contributed by atoms with E-state index in [-0.39, 0.29) is 6.10 Å². The molecule has 1 aliphatic rings. The van der Waals surface area contributed by atoms with E-state index in [9.17, 15) is 0 Å². The van der Waals surface area contributed by atoms with Gasteiger partial charge in [-0.1, -0.05) is 11.6 Å². The lowest BCUT2D eigenvalue weighted by Gasteiger charge is -2.21. The minimum atomic E-state index is -0.0481. The zero-order chi connectivity index (χ0) is 11.4. The van der Waals surface area contributed by atoms with Crippen molar-refractivity contribution in [2.24, 2.45) is 0 Å². The Morgan fingerprint density at radius 1 is 1.62 bits per heavy atom. The molecule has 1 fully saturated rings. The Morgan fingerprint density at radius 2 is 2.50 bits per heavy atom. The fourth-order valence-corrected chi connectivity index (χ4v) is 2.54. The van der Waals surface area contributed by atoms with Crippen LogP contribution in [-0.4, -0.2) is 35.2 Å². The maximum atomic E-state index is 5.94. The first-order valence-electron chi connectivity index (χ1n) is 5.01. The van der Waals surface area contributed by atoms with Crippen molar-refractivity contribution in [1.82, 2.24) is 9.97 Å². The van der Waals surface area contributed by atoms with Gasteiger partial charge in [0.1, 0.15) is 11.3 Å². The highest BCUT2D eigenvalue weighted by Crippen LogP contribution is 2.25. The summed E-state index contributed by atoms with van der Waals surface area (Å²) in [5, 5.41) is 0.441. The third kappa shape index (κ3) is 3.07. The first-order chi connectivity index (χ1) is 7.79. The van der Waals surface area contributed by atoms with Crippen molar-refractivity contribution >= 4 is 23.4 Å². The Kier molecular flexibility index (Phi) is 4.40. The van der Waals surface area contributed by atoms with E-state index in [1.807, 2.05) is 11.8 Å². The maximum Gasteiger partial charge on any atom is 0.160 e. The molecule has 1 saturated heterocycles. The van der Waals surface area contributed by atoms with Crippen LogP contribution in [0.25, 0.3) is 0 Å². The first-order valence-corrected chi connectivity index (χ1v) is 6.54. The highest BCUT2D eigenvalue weighted by atomic mass is 35.5. The first kappa shape index (κ1) is 12.1. The number of rotatable bonds is 3. The fourth-order valence-electron chi connectivity index (χ4n) is 1.49. The van der Waals surface area contributed by atoms with E-state index in [1.54, 1.807) is 13.2 Å². The summed E-state index contributed by atoms with van der Waals surface area (Å²) >= 11 is 7.78. The van der Waals surface area contributed by atoms with Gasteiger partial charge >= 0.3 is 0 Å². The Labute approximate surface area is 104 Å². The highest BCUT2D eigenvalue weighted by Gasteiger charge is 2.20. The topological polar surface area (TPSA) is 44.2 Å². The van der Waals surface area contributed by atoms with E-state index in [4.69, 9.17) is 21.1 Å². The molecule has 0 aromatic carbocycles. The third-order valence-corrected chi connectivity index (χ3v) is 3.35. The van der Waals surface area contributed by atoms with Crippen LogP contribution in [0.1, 0.15) is 17.6 Å². The molecule has 6 heteroatoms. The van der Waals surface area contributed by atoms with Crippen molar-refractivity contribution < 1.29 is 9.47 Å². The van der Waals surface area contributed by atoms with Gasteiger partial charge in [0.15, 0.2) is 5.82 Å². The van der Waals surface area contributed by atoms with E-state index in [0.29, 0.717) is 17.6 Å². The van der Waals surface area contributed by atoms with Gasteiger partial charge in [0.05, 0.1) is 18.9 Å². The van der Waals surface area contributed by atoms with E-state index < -0.39 is 0 Å². The van der Waals surface area contributed by atoms with Gasteiger partial charge in [-0.25, -0.2) is 9.97 Å². The SMILES string of the molecule is COCc1cc(Cl)nc(C2CSCCO2)n1. The lowest BCUT2D eigenvalue weighted by Crippen LogP contribution is -2.18. The number of halogens is 1. The van der Waals surface area contributed by atoms with Crippen LogP contribution >= 0.6 is 23.4 Å². The van der Waals surface area contributed by atoms with Gasteiger partial charge in [0.2, 0.25) is 0 Å². The minimum Gasteiger partial charge on any atom is -0.378 e. The number of ether oxygens (including phenoxy) is 2. The van der Waals surface area contributed by atoms with Gasteiger partial charge in [-0.3, -0.25) is 0 Å². The molecule has 88 valence electrons. The second kappa shape index (κ2) is 5.82. The Balaban J connectivity index is 2.18. The quantitative estimate of drug-likeness (QED) is 0.779. The van der Waals surface area contributed by atoms with Crippen LogP contribution in [0.15, 0.2) is 6.07 Å². The summed E-state index contributed by atoms with van der Waals surface area (Å²) in [6, 6.07) is 1.71. The monoisotopic (exact) mass is 260 g/mol. The van der Waals surface area contributed by atoms with Crippen molar-refractivity contribution in [3.05, 3.63) is 22.7 Å². The van der Waals surface area contributed by atoms with Crippen LogP contribution in [0.4, 0.5) is 0 Å². The Morgan fingerprint density at radius 3 is 3.19 bits per heavy atom. The Bertz CT molecular complexity index is 359. The van der Waals surface area contributed by atoms with Gasteiger partial charge < -0.3 is 9.47 Å². The number of methoxy groups -OCH3 is 1. The average molecular weight is 261 g/mol. The maximum absolute atomic E-state index is 5.94. The largest absolute Gasteiger partial charge is 0.378 e. The van der Waals surface area contributed by atoms with Crippen LogP contribution in [0.5, 0.6) is 0 Å². The van der Waals surface area contributed by atoms with E-state index in [0.717, 1.165) is 23.8 Å². The molecule has 0 aliphatic carbocycles. The van der Waals surface area contributed by atoms with E-state index >= 15 is 0 Å². The van der Waals surface area contributed by atoms with Crippen LogP contribution in [0.3, 0.4) is 0 Å². The lowest BCUT2D eigenvalue weighted by molar-refractivity contribution is 0.0688. The Hall–Kier alpha value is -0.360. The molecule has 2 heterocycles. The summed E-state index contributed by atoms with van der Waals surface area (Å²) in [6.07, 6.45) is -0.0481. The highest BCUT2D eigenvalue weighted by molar-refractivity contribution is 7.99. The second-order valence-corrected chi connectivity index (χ2v) is 4.94. The van der Waals surface area contributed by atoms with Crippen LogP contribution in [0.2, 0.25) is 5.15 Å². The van der Waals surface area contributed by atoms with Crippen LogP contribution in [0, 0.1) is 0 Å². The third-order valence-electron chi connectivity index (χ3n) is 2.16. The van der Waals surface area contributed by atoms with Crippen LogP contribution in [-0.2, 0) is 16.1 Å². The molecule has 0 bridgehead atoms. The van der Waals surface area contributed by atoms with Crippen molar-refractivity contribution in [3.8, 4) is 0 Å². The minimum absolute atomic E-state index is 0.0481. The number of aromatic nitrogens is 2. The number of nitrogens with zero attached hydrogens (tertiary/aromatic N) is 2. The van der Waals surface area contributed by atoms with Crippen molar-refractivity contribution in [3.63, 3.8) is 0 Å². The molecule has 1 unspecified atom stereocenters. The molecule has 16 heavy (non-hydrogen) atoms. The molecule has 1 aromatic rings. The molecule has 1 aliphatic heterocycles. The molecule has 2 rings (SSSR count). The van der Waals surface area contributed by atoms with Gasteiger partial charge in [0, 0.05) is 18.6 Å². The summed E-state index contributed by atoms with van der Waals surface area (Å²) < 4.78 is 10.6. The van der Waals surface area contributed by atoms with Gasteiger partial charge in [0.25, 0.3) is 0 Å². The van der Waals surface area contributed by atoms with Crippen molar-refractivity contribution in [1.29, 1.82) is 0 Å². The molecular weight excluding hydrogens is 248 g/mol. The number of hydrogen-bond acceptors (Lipinski definition) is 5. The predicted octanol–water partition coefficient (Wildman–Crippen LogP) is 2.08. The van der Waals surface area contributed by atoms with E-state index in [2.05, 4.69) is 9.97 Å². The molecule has 0 saturated carbocycles. The van der Waals surface area contributed by atoms with Crippen molar-refractivity contribution in [2.45, 2.75) is 12.7 Å². The lowest BCUT2D eigenvalue weighted by atomic mass is 10.3. The smallest absolute Gasteiger partial charge is 0.160 e. The van der Waals surface area contributed by atoms with Gasteiger partial charge in [-0.2, -0.15) is 11.8 Å². The summed E-state index contributed by atoms with van der Waals surface area (Å²) in [6.45, 7) is 1.18. The van der Waals surface area contributed by atoms with Crippen molar-refractivity contribution in [2.75, 3.05) is 25.2 Å². The second-order valence-electron chi connectivity index (χ2n) is 3.41. The molecular formula is C10H13ClN2O2S. The predicted molar refractivity (Wildman–Crippen MR) is 63.8 cm³/mol. The summed E-state index contributed by atoms with van der Waals surface area (Å²) in [5.41, 5.74) is 0.789. The summed E-state index contributed by atoms with van der Waals surface area (Å²) in [5.74, 6) is 2.57. The fraction of sp³-hybridized carbons (Fsp3) is 0.600. The molecule has 1 aromatic heterocycles. The standard InChI is InChI=1S/C10H13ClN2O2S/c1-14-5-7-4-9(11)13-10(12-7)8-6-16-3-2-15-8/h4,8H,2-3,5-6H2,1H3. The number of hydrogen-bond donors (Lipinski definition) is 0. The molecule has 0 N–H and O–H groups in total. The molecule has 0 spiro atoms. The molecule has 1 atom stereocenters. The van der Waals surface area contributed by atoms with Gasteiger partial charge in [-0.15, -0.1) is 0 Å². The average Bonchev–Trinajstić information content (AvgIpc) is 2.30. The molecule has 0 amide bonds. The number of thioether (sulfide) groups is 1. The zero-order valence-corrected chi connectivity index (χ0v) is 10.6. The van der Waals surface area contributed by atoms with E-state index in [1.165, 1.54) is 0 Å². The van der Waals surface area contributed by atoms with Crippen LogP contribution < -0.4 is 0 Å². The summed E-state index contributed by atoms with van der Waals surface area (Å²) in [4.78, 5) is 8.59. The molecule has 4 nitrogen and oxygen atoms in total.